The van der Waals surface area contributed by atoms with E-state index in [0.717, 1.165) is 36.8 Å². The van der Waals surface area contributed by atoms with E-state index in [1.54, 1.807) is 0 Å². The van der Waals surface area contributed by atoms with Crippen LogP contribution in [0.25, 0.3) is 11.0 Å². The minimum Gasteiger partial charge on any atom is -0.324 e. The Morgan fingerprint density at radius 2 is 2.16 bits per heavy atom. The Hall–Kier alpha value is -1.59. The first-order valence-corrected chi connectivity index (χ1v) is 6.32. The van der Waals surface area contributed by atoms with Gasteiger partial charge in [-0.05, 0) is 31.5 Å². The predicted octanol–water partition coefficient (Wildman–Crippen LogP) is 2.07. The lowest BCUT2D eigenvalue weighted by Crippen LogP contribution is -2.43. The van der Waals surface area contributed by atoms with Gasteiger partial charge in [-0.3, -0.25) is 10.1 Å². The fourth-order valence-electron chi connectivity index (χ4n) is 2.29. The molecule has 3 rings (SSSR count). The van der Waals surface area contributed by atoms with Gasteiger partial charge in [-0.15, -0.1) is 12.4 Å². The number of nitrogens with zero attached hydrogens (tertiary/aromatic N) is 1. The Kier molecular flexibility index (Phi) is 4.39. The first kappa shape index (κ1) is 13.8. The number of nitrogens with one attached hydrogen (secondary N) is 3. The van der Waals surface area contributed by atoms with Gasteiger partial charge in [-0.25, -0.2) is 4.98 Å². The lowest BCUT2D eigenvalue weighted by atomic mass is 10.0. The van der Waals surface area contributed by atoms with Gasteiger partial charge in [0.05, 0.1) is 17.1 Å². The molecule has 0 spiro atoms. The number of benzene rings is 1. The number of fused-ring (bicyclic) bond motifs is 1. The number of aromatic nitrogens is 2. The summed E-state index contributed by atoms with van der Waals surface area (Å²) in [6.45, 7) is 0.915. The summed E-state index contributed by atoms with van der Waals surface area (Å²) >= 11 is 0. The van der Waals surface area contributed by atoms with Gasteiger partial charge in [0.1, 0.15) is 0 Å². The second kappa shape index (κ2) is 6.04. The maximum absolute atomic E-state index is 12.0. The molecule has 1 fully saturated rings. The van der Waals surface area contributed by atoms with Crippen molar-refractivity contribution in [3.63, 3.8) is 0 Å². The Labute approximate surface area is 117 Å². The van der Waals surface area contributed by atoms with Crippen molar-refractivity contribution in [2.45, 2.75) is 25.3 Å². The van der Waals surface area contributed by atoms with Crippen LogP contribution in [0.4, 0.5) is 5.95 Å². The molecule has 0 saturated carbocycles. The number of H-pyrrole nitrogens is 1. The van der Waals surface area contributed by atoms with Gasteiger partial charge in [0.25, 0.3) is 0 Å². The first-order chi connectivity index (χ1) is 8.83. The maximum Gasteiger partial charge on any atom is 0.243 e. The molecule has 0 radical (unpaired) electrons. The Morgan fingerprint density at radius 3 is 2.89 bits per heavy atom. The molecule has 6 heteroatoms. The number of hydrogen-bond donors (Lipinski definition) is 3. The zero-order chi connectivity index (χ0) is 12.4. The lowest BCUT2D eigenvalue weighted by molar-refractivity contribution is -0.118. The molecule has 0 unspecified atom stereocenters. The van der Waals surface area contributed by atoms with E-state index >= 15 is 0 Å². The quantitative estimate of drug-likeness (QED) is 0.789. The highest BCUT2D eigenvalue weighted by atomic mass is 35.5. The second-order valence-electron chi connectivity index (χ2n) is 4.59. The average molecular weight is 281 g/mol. The summed E-state index contributed by atoms with van der Waals surface area (Å²) in [6, 6.07) is 7.63. The summed E-state index contributed by atoms with van der Waals surface area (Å²) in [5, 5.41) is 6.05. The molecule has 1 saturated heterocycles. The number of hydrogen-bond acceptors (Lipinski definition) is 3. The summed E-state index contributed by atoms with van der Waals surface area (Å²) in [4.78, 5) is 19.4. The molecule has 0 bridgehead atoms. The lowest BCUT2D eigenvalue weighted by Gasteiger charge is -2.21. The van der Waals surface area contributed by atoms with Crippen LogP contribution in [0.3, 0.4) is 0 Å². The molecule has 2 aromatic rings. The van der Waals surface area contributed by atoms with E-state index in [1.807, 2.05) is 24.3 Å². The molecule has 19 heavy (non-hydrogen) atoms. The average Bonchev–Trinajstić information content (AvgIpc) is 2.82. The number of aromatic amines is 1. The molecular weight excluding hydrogens is 264 g/mol. The van der Waals surface area contributed by atoms with Gasteiger partial charge in [0.15, 0.2) is 0 Å². The van der Waals surface area contributed by atoms with Crippen LogP contribution in [0, 0.1) is 0 Å². The summed E-state index contributed by atoms with van der Waals surface area (Å²) in [5.74, 6) is 0.516. The SMILES string of the molecule is Cl.O=C(Nc1nc2ccccc2[nH]1)[C@H]1CCCCN1. The van der Waals surface area contributed by atoms with Crippen LogP contribution in [0.5, 0.6) is 0 Å². The number of carbonyl (C=O) groups excluding carboxylic acids is 1. The minimum absolute atomic E-state index is 0. The Balaban J connectivity index is 0.00000133. The molecule has 5 nitrogen and oxygen atoms in total. The van der Waals surface area contributed by atoms with Crippen LogP contribution in [0.1, 0.15) is 19.3 Å². The van der Waals surface area contributed by atoms with Crippen LogP contribution >= 0.6 is 12.4 Å². The van der Waals surface area contributed by atoms with Crippen LogP contribution < -0.4 is 10.6 Å². The second-order valence-corrected chi connectivity index (χ2v) is 4.59. The highest BCUT2D eigenvalue weighted by Crippen LogP contribution is 2.14. The third-order valence-corrected chi connectivity index (χ3v) is 3.26. The van der Waals surface area contributed by atoms with Gasteiger partial charge < -0.3 is 10.3 Å². The third-order valence-electron chi connectivity index (χ3n) is 3.26. The number of piperidine rings is 1. The maximum atomic E-state index is 12.0. The fraction of sp³-hybridized carbons (Fsp3) is 0.385. The number of anilines is 1. The molecule has 2 heterocycles. The van der Waals surface area contributed by atoms with Gasteiger partial charge in [0, 0.05) is 0 Å². The molecule has 0 aliphatic carbocycles. The van der Waals surface area contributed by atoms with Crippen molar-refractivity contribution in [1.29, 1.82) is 0 Å². The number of halogens is 1. The molecule has 1 aliphatic heterocycles. The smallest absolute Gasteiger partial charge is 0.243 e. The highest BCUT2D eigenvalue weighted by molar-refractivity contribution is 5.94. The predicted molar refractivity (Wildman–Crippen MR) is 77.6 cm³/mol. The van der Waals surface area contributed by atoms with Crippen molar-refractivity contribution in [3.8, 4) is 0 Å². The van der Waals surface area contributed by atoms with Crippen molar-refractivity contribution >= 4 is 35.3 Å². The summed E-state index contributed by atoms with van der Waals surface area (Å²) in [7, 11) is 0. The van der Waals surface area contributed by atoms with E-state index in [9.17, 15) is 4.79 Å². The molecule has 3 N–H and O–H groups in total. The van der Waals surface area contributed by atoms with Gasteiger partial charge in [0.2, 0.25) is 11.9 Å². The van der Waals surface area contributed by atoms with Crippen LogP contribution in [-0.4, -0.2) is 28.5 Å². The van der Waals surface area contributed by atoms with Crippen LogP contribution in [0.15, 0.2) is 24.3 Å². The topological polar surface area (TPSA) is 69.8 Å². The number of amides is 1. The standard InChI is InChI=1S/C13H16N4O.ClH/c18-12(11-7-3-4-8-14-11)17-13-15-9-5-1-2-6-10(9)16-13;/h1-2,5-6,11,14H,3-4,7-8H2,(H2,15,16,17,18);1H/t11-;/m1./s1. The Bertz CT molecular complexity index is 530. The van der Waals surface area contributed by atoms with Crippen LogP contribution in [-0.2, 0) is 4.79 Å². The Morgan fingerprint density at radius 1 is 1.32 bits per heavy atom. The van der Waals surface area contributed by atoms with Crippen molar-refractivity contribution in [1.82, 2.24) is 15.3 Å². The fourth-order valence-corrected chi connectivity index (χ4v) is 2.29. The minimum atomic E-state index is -0.0908. The van der Waals surface area contributed by atoms with Crippen molar-refractivity contribution in [2.24, 2.45) is 0 Å². The summed E-state index contributed by atoms with van der Waals surface area (Å²) in [6.07, 6.45) is 3.14. The first-order valence-electron chi connectivity index (χ1n) is 6.32. The van der Waals surface area contributed by atoms with Gasteiger partial charge in [-0.1, -0.05) is 18.6 Å². The van der Waals surface area contributed by atoms with Crippen molar-refractivity contribution < 1.29 is 4.79 Å². The van der Waals surface area contributed by atoms with E-state index in [0.29, 0.717) is 5.95 Å². The molecular formula is C13H17ClN4O. The van der Waals surface area contributed by atoms with Gasteiger partial charge in [-0.2, -0.15) is 0 Å². The number of rotatable bonds is 2. The monoisotopic (exact) mass is 280 g/mol. The molecule has 1 aromatic heterocycles. The largest absolute Gasteiger partial charge is 0.324 e. The molecule has 1 amide bonds. The normalized spacial score (nSPS) is 18.8. The van der Waals surface area contributed by atoms with Crippen molar-refractivity contribution in [2.75, 3.05) is 11.9 Å². The highest BCUT2D eigenvalue weighted by Gasteiger charge is 2.21. The van der Waals surface area contributed by atoms with Crippen molar-refractivity contribution in [3.05, 3.63) is 24.3 Å². The van der Waals surface area contributed by atoms with Crippen LogP contribution in [0.2, 0.25) is 0 Å². The summed E-state index contributed by atoms with van der Waals surface area (Å²) in [5.41, 5.74) is 1.80. The van der Waals surface area contributed by atoms with E-state index in [4.69, 9.17) is 0 Å². The number of carbonyl (C=O) groups is 1. The number of imidazole rings is 1. The van der Waals surface area contributed by atoms with E-state index in [1.165, 1.54) is 0 Å². The number of para-hydroxylation sites is 2. The zero-order valence-corrected chi connectivity index (χ0v) is 11.3. The third kappa shape index (κ3) is 3.05. The molecule has 1 aromatic carbocycles. The zero-order valence-electron chi connectivity index (χ0n) is 10.5. The van der Waals surface area contributed by atoms with E-state index in [2.05, 4.69) is 20.6 Å². The van der Waals surface area contributed by atoms with Gasteiger partial charge >= 0.3 is 0 Å². The van der Waals surface area contributed by atoms with E-state index < -0.39 is 0 Å². The molecule has 102 valence electrons. The summed E-state index contributed by atoms with van der Waals surface area (Å²) < 4.78 is 0. The van der Waals surface area contributed by atoms with E-state index in [-0.39, 0.29) is 24.4 Å². The molecule has 1 aliphatic rings. The molecule has 1 atom stereocenters.